The van der Waals surface area contributed by atoms with Crippen molar-refractivity contribution in [3.05, 3.63) is 30.2 Å². The Labute approximate surface area is 235 Å². The van der Waals surface area contributed by atoms with Crippen LogP contribution >= 0.6 is 0 Å². The van der Waals surface area contributed by atoms with Gasteiger partial charge in [0.15, 0.2) is 0 Å². The molecule has 5 aliphatic rings. The summed E-state index contributed by atoms with van der Waals surface area (Å²) in [4.78, 5) is 23.5. The van der Waals surface area contributed by atoms with E-state index in [0.29, 0.717) is 35.0 Å². The van der Waals surface area contributed by atoms with Gasteiger partial charge in [-0.05, 0) is 98.2 Å². The maximum Gasteiger partial charge on any atom is 0.232 e. The molecule has 1 aromatic heterocycles. The first-order valence-electron chi connectivity index (χ1n) is 15.9. The summed E-state index contributed by atoms with van der Waals surface area (Å²) in [6.07, 6.45) is 20.5. The number of amides is 1. The zero-order valence-corrected chi connectivity index (χ0v) is 24.4. The summed E-state index contributed by atoms with van der Waals surface area (Å²) in [5.41, 5.74) is 2.29. The van der Waals surface area contributed by atoms with Crippen LogP contribution in [0, 0.1) is 40.4 Å². The van der Waals surface area contributed by atoms with Crippen molar-refractivity contribution < 1.29 is 14.6 Å². The molecule has 214 valence electrons. The molecule has 3 saturated carbocycles. The number of hydrogen-bond donors (Lipinski definition) is 1. The number of fused-ring (bicyclic) bond motifs is 5. The molecule has 0 spiro atoms. The molecular formula is C33H49N3O3. The topological polar surface area (TPSA) is 75.6 Å². The minimum Gasteiger partial charge on any atom is -0.473 e. The van der Waals surface area contributed by atoms with Gasteiger partial charge in [-0.3, -0.25) is 9.78 Å². The van der Waals surface area contributed by atoms with Crippen LogP contribution in [0.1, 0.15) is 97.8 Å². The van der Waals surface area contributed by atoms with Crippen LogP contribution in [0.25, 0.3) is 0 Å². The summed E-state index contributed by atoms with van der Waals surface area (Å²) in [7, 11) is 0. The molecule has 39 heavy (non-hydrogen) atoms. The van der Waals surface area contributed by atoms with Gasteiger partial charge in [0.1, 0.15) is 6.10 Å². The number of ether oxygens (including phenoxy) is 1. The number of allylic oxidation sites excluding steroid dienone is 1. The lowest BCUT2D eigenvalue weighted by Crippen LogP contribution is -2.50. The molecule has 1 saturated heterocycles. The molecule has 4 aliphatic carbocycles. The van der Waals surface area contributed by atoms with Crippen molar-refractivity contribution in [2.45, 2.75) is 110 Å². The first-order valence-corrected chi connectivity index (χ1v) is 15.9. The van der Waals surface area contributed by atoms with E-state index in [4.69, 9.17) is 4.74 Å². The second-order valence-corrected chi connectivity index (χ2v) is 14.1. The molecule has 0 bridgehead atoms. The number of carbonyl (C=O) groups excluding carboxylic acids is 1. The van der Waals surface area contributed by atoms with Gasteiger partial charge in [0.25, 0.3) is 0 Å². The fourth-order valence-electron chi connectivity index (χ4n) is 10.1. The van der Waals surface area contributed by atoms with Gasteiger partial charge in [0.2, 0.25) is 11.8 Å². The molecule has 2 heterocycles. The Balaban J connectivity index is 1.02. The molecule has 6 rings (SSSR count). The molecule has 6 heteroatoms. The second kappa shape index (κ2) is 10.8. The average molecular weight is 536 g/mol. The molecule has 1 N–H and O–H groups in total. The van der Waals surface area contributed by atoms with Crippen molar-refractivity contribution in [1.29, 1.82) is 0 Å². The average Bonchev–Trinajstić information content (AvgIpc) is 3.30. The third-order valence-corrected chi connectivity index (χ3v) is 12.3. The highest BCUT2D eigenvalue weighted by atomic mass is 16.5. The van der Waals surface area contributed by atoms with Crippen molar-refractivity contribution in [2.24, 2.45) is 40.4 Å². The number of carbonyl (C=O) groups is 1. The van der Waals surface area contributed by atoms with Gasteiger partial charge in [0.05, 0.1) is 12.3 Å². The second-order valence-electron chi connectivity index (χ2n) is 14.1. The number of nitrogens with zero attached hydrogens (tertiary/aromatic N) is 3. The summed E-state index contributed by atoms with van der Waals surface area (Å²) >= 11 is 0. The Hall–Kier alpha value is -1.95. The van der Waals surface area contributed by atoms with E-state index in [1.54, 1.807) is 24.2 Å². The van der Waals surface area contributed by atoms with E-state index in [9.17, 15) is 9.90 Å². The minimum absolute atomic E-state index is 0.113. The van der Waals surface area contributed by atoms with E-state index >= 15 is 0 Å². The number of aliphatic hydroxyl groups is 1. The summed E-state index contributed by atoms with van der Waals surface area (Å²) in [5, 5.41) is 10.3. The van der Waals surface area contributed by atoms with E-state index in [1.807, 2.05) is 0 Å². The van der Waals surface area contributed by atoms with E-state index in [1.165, 1.54) is 32.1 Å². The van der Waals surface area contributed by atoms with Gasteiger partial charge in [0, 0.05) is 44.7 Å². The third kappa shape index (κ3) is 5.04. The van der Waals surface area contributed by atoms with Crippen molar-refractivity contribution in [3.8, 4) is 5.88 Å². The number of likely N-dealkylation sites (tertiary alicyclic amines) is 1. The van der Waals surface area contributed by atoms with Crippen LogP contribution in [0.15, 0.2) is 30.2 Å². The van der Waals surface area contributed by atoms with Gasteiger partial charge < -0.3 is 14.7 Å². The highest BCUT2D eigenvalue weighted by Crippen LogP contribution is 2.67. The predicted molar refractivity (Wildman–Crippen MR) is 152 cm³/mol. The molecule has 0 radical (unpaired) electrons. The van der Waals surface area contributed by atoms with E-state index in [-0.39, 0.29) is 12.2 Å². The Morgan fingerprint density at radius 2 is 1.92 bits per heavy atom. The molecule has 0 aromatic carbocycles. The number of rotatable bonds is 6. The fraction of sp³-hybridized carbons (Fsp3) is 0.788. The predicted octanol–water partition coefficient (Wildman–Crippen LogP) is 6.20. The molecule has 1 aromatic rings. The van der Waals surface area contributed by atoms with Gasteiger partial charge >= 0.3 is 0 Å². The largest absolute Gasteiger partial charge is 0.473 e. The smallest absolute Gasteiger partial charge is 0.232 e. The highest BCUT2D eigenvalue weighted by molar-refractivity contribution is 5.76. The van der Waals surface area contributed by atoms with Crippen LogP contribution in [0.5, 0.6) is 5.88 Å². The zero-order chi connectivity index (χ0) is 27.2. The van der Waals surface area contributed by atoms with Gasteiger partial charge in [-0.15, -0.1) is 0 Å². The molecule has 6 nitrogen and oxygen atoms in total. The first kappa shape index (κ1) is 27.2. The Morgan fingerprint density at radius 3 is 2.69 bits per heavy atom. The zero-order valence-electron chi connectivity index (χ0n) is 24.4. The van der Waals surface area contributed by atoms with Crippen molar-refractivity contribution >= 4 is 5.91 Å². The molecule has 8 atom stereocenters. The Morgan fingerprint density at radius 1 is 1.10 bits per heavy atom. The van der Waals surface area contributed by atoms with Gasteiger partial charge in [-0.25, -0.2) is 4.98 Å². The van der Waals surface area contributed by atoms with E-state index in [2.05, 4.69) is 41.7 Å². The van der Waals surface area contributed by atoms with Crippen LogP contribution < -0.4 is 4.74 Å². The van der Waals surface area contributed by atoms with Crippen LogP contribution in [0.3, 0.4) is 0 Å². The number of aromatic nitrogens is 2. The summed E-state index contributed by atoms with van der Waals surface area (Å²) in [6.45, 7) is 9.11. The molecule has 1 aliphatic heterocycles. The van der Waals surface area contributed by atoms with E-state index < -0.39 is 0 Å². The minimum atomic E-state index is -0.127. The monoisotopic (exact) mass is 535 g/mol. The maximum atomic E-state index is 13.2. The van der Waals surface area contributed by atoms with Crippen molar-refractivity contribution in [2.75, 3.05) is 13.1 Å². The lowest BCUT2D eigenvalue weighted by atomic mass is 9.47. The number of piperidine rings is 1. The quantitative estimate of drug-likeness (QED) is 0.439. The number of aliphatic hydroxyl groups excluding tert-OH is 1. The lowest BCUT2D eigenvalue weighted by Gasteiger charge is -2.58. The lowest BCUT2D eigenvalue weighted by molar-refractivity contribution is -0.133. The van der Waals surface area contributed by atoms with E-state index in [0.717, 1.165) is 75.3 Å². The van der Waals surface area contributed by atoms with Crippen LogP contribution in [-0.2, 0) is 4.79 Å². The van der Waals surface area contributed by atoms with Gasteiger partial charge in [-0.2, -0.15) is 0 Å². The summed E-state index contributed by atoms with van der Waals surface area (Å²) in [6, 6.07) is 0. The normalized spacial score (nSPS) is 39.2. The molecule has 1 amide bonds. The van der Waals surface area contributed by atoms with Crippen molar-refractivity contribution in [1.82, 2.24) is 14.9 Å². The standard InChI is InChI=1S/C33H49N3O3/c1-22(4-9-31(38)36-18-12-25(13-19-36)39-30-21-34-16-17-35-30)27-7-8-28-26-6-5-23-20-24(37)10-14-32(23,2)29(26)11-15-33(27,28)3/h5,16-17,21-22,24-29,37H,4,6-15,18-20H2,1-3H3/t22?,24-,26-,27+,28-,29-,32-,33+/m0/s1. The van der Waals surface area contributed by atoms with Crippen LogP contribution in [0.4, 0.5) is 0 Å². The van der Waals surface area contributed by atoms with Crippen LogP contribution in [-0.4, -0.2) is 51.2 Å². The molecule has 4 fully saturated rings. The molecule has 1 unspecified atom stereocenters. The van der Waals surface area contributed by atoms with Crippen LogP contribution in [0.2, 0.25) is 0 Å². The highest BCUT2D eigenvalue weighted by Gasteiger charge is 2.59. The maximum absolute atomic E-state index is 13.2. The van der Waals surface area contributed by atoms with Crippen molar-refractivity contribution in [3.63, 3.8) is 0 Å². The Bertz CT molecular complexity index is 1050. The number of hydrogen-bond acceptors (Lipinski definition) is 5. The first-order chi connectivity index (χ1) is 18.8. The molecular weight excluding hydrogens is 486 g/mol. The fourth-order valence-corrected chi connectivity index (χ4v) is 10.1. The summed E-state index contributed by atoms with van der Waals surface area (Å²) in [5.74, 6) is 4.62. The SMILES string of the molecule is CC(CCC(=O)N1CCC(Oc2cnccn2)CC1)[C@H]1CC[C@H]2[C@@H]3CC=C4C[C@@H](O)CC[C@]4(C)[C@H]3CC[C@]12C. The summed E-state index contributed by atoms with van der Waals surface area (Å²) < 4.78 is 5.96. The Kier molecular flexibility index (Phi) is 7.54. The van der Waals surface area contributed by atoms with Gasteiger partial charge in [-0.1, -0.05) is 32.4 Å². The third-order valence-electron chi connectivity index (χ3n) is 12.3.